The van der Waals surface area contributed by atoms with Gasteiger partial charge in [-0.15, -0.1) is 0 Å². The van der Waals surface area contributed by atoms with Gasteiger partial charge in [0, 0.05) is 44.7 Å². The molecule has 3 heterocycles. The highest BCUT2D eigenvalue weighted by Gasteiger charge is 2.50. The summed E-state index contributed by atoms with van der Waals surface area (Å²) in [5, 5.41) is 0. The second-order valence-corrected chi connectivity index (χ2v) is 11.0. The summed E-state index contributed by atoms with van der Waals surface area (Å²) < 4.78 is 8.45. The third kappa shape index (κ3) is 4.41. The first-order chi connectivity index (χ1) is 9.70. The van der Waals surface area contributed by atoms with E-state index in [2.05, 4.69) is 62.5 Å². The largest absolute Gasteiger partial charge is 0.256 e. The van der Waals surface area contributed by atoms with Crippen LogP contribution < -0.4 is 0 Å². The summed E-state index contributed by atoms with van der Waals surface area (Å²) >= 11 is 0. The minimum Gasteiger partial charge on any atom is -0.256 e. The van der Waals surface area contributed by atoms with E-state index < -0.39 is 0 Å². The Kier molecular flexibility index (Phi) is 5.74. The van der Waals surface area contributed by atoms with Crippen molar-refractivity contribution in [3.8, 4) is 0 Å². The molecule has 3 fully saturated rings. The SMILES string of the molecule is CC(C)CN1CC2(C)CN(CC(C)C)P1N(CC(C)C)C2. The molecule has 0 radical (unpaired) electrons. The zero-order chi connectivity index (χ0) is 15.8. The number of hydrogen-bond acceptors (Lipinski definition) is 3. The van der Waals surface area contributed by atoms with Gasteiger partial charge in [-0.2, -0.15) is 0 Å². The van der Waals surface area contributed by atoms with Crippen molar-refractivity contribution in [2.45, 2.75) is 48.5 Å². The van der Waals surface area contributed by atoms with Crippen LogP contribution in [0.15, 0.2) is 0 Å². The van der Waals surface area contributed by atoms with Crippen molar-refractivity contribution in [3.63, 3.8) is 0 Å². The van der Waals surface area contributed by atoms with Crippen molar-refractivity contribution in [1.29, 1.82) is 0 Å². The third-order valence-corrected chi connectivity index (χ3v) is 6.61. The Bertz CT molecular complexity index is 293. The summed E-state index contributed by atoms with van der Waals surface area (Å²) in [4.78, 5) is 0. The maximum atomic E-state index is 2.82. The highest BCUT2D eigenvalue weighted by atomic mass is 31.2. The average Bonchev–Trinajstić information content (AvgIpc) is 2.23. The zero-order valence-corrected chi connectivity index (χ0v) is 16.2. The monoisotopic (exact) mass is 313 g/mol. The minimum atomic E-state index is -0.223. The van der Waals surface area contributed by atoms with Gasteiger partial charge < -0.3 is 0 Å². The molecule has 3 aliphatic heterocycles. The molecule has 0 saturated carbocycles. The number of fused-ring (bicyclic) bond motifs is 3. The van der Waals surface area contributed by atoms with E-state index in [0.717, 1.165) is 17.8 Å². The summed E-state index contributed by atoms with van der Waals surface area (Å²) in [6.07, 6.45) is 0. The van der Waals surface area contributed by atoms with Gasteiger partial charge in [0.15, 0.2) is 0 Å². The van der Waals surface area contributed by atoms with E-state index in [4.69, 9.17) is 0 Å². The van der Waals surface area contributed by atoms with Crippen molar-refractivity contribution in [2.24, 2.45) is 23.2 Å². The quantitative estimate of drug-likeness (QED) is 0.683. The smallest absolute Gasteiger partial charge is 0.120 e. The van der Waals surface area contributed by atoms with Crippen LogP contribution in [0.25, 0.3) is 0 Å². The molecule has 0 aromatic heterocycles. The molecule has 0 unspecified atom stereocenters. The fourth-order valence-electron chi connectivity index (χ4n) is 3.88. The summed E-state index contributed by atoms with van der Waals surface area (Å²) in [5.74, 6) is 2.28. The first-order valence-electron chi connectivity index (χ1n) is 8.75. The van der Waals surface area contributed by atoms with Crippen molar-refractivity contribution in [1.82, 2.24) is 14.0 Å². The summed E-state index contributed by atoms with van der Waals surface area (Å²) in [7, 11) is -0.223. The Morgan fingerprint density at radius 3 is 1.24 bits per heavy atom. The highest BCUT2D eigenvalue weighted by Crippen LogP contribution is 2.59. The molecule has 3 aliphatic rings. The van der Waals surface area contributed by atoms with Gasteiger partial charge >= 0.3 is 0 Å². The van der Waals surface area contributed by atoms with Crippen LogP contribution >= 0.6 is 8.37 Å². The molecule has 0 aromatic rings. The molecule has 2 bridgehead atoms. The van der Waals surface area contributed by atoms with E-state index in [1.165, 1.54) is 39.3 Å². The van der Waals surface area contributed by atoms with Crippen LogP contribution in [0.4, 0.5) is 0 Å². The lowest BCUT2D eigenvalue weighted by atomic mass is 9.89. The molecule has 0 spiro atoms. The van der Waals surface area contributed by atoms with Gasteiger partial charge in [-0.05, 0) is 17.8 Å². The normalized spacial score (nSPS) is 32.0. The fraction of sp³-hybridized carbons (Fsp3) is 1.00. The van der Waals surface area contributed by atoms with Crippen LogP contribution in [-0.2, 0) is 0 Å². The van der Waals surface area contributed by atoms with Crippen LogP contribution in [0.2, 0.25) is 0 Å². The van der Waals surface area contributed by atoms with Gasteiger partial charge in [0.2, 0.25) is 0 Å². The first-order valence-corrected chi connectivity index (χ1v) is 9.95. The molecule has 0 amide bonds. The molecule has 124 valence electrons. The molecule has 0 aromatic carbocycles. The lowest BCUT2D eigenvalue weighted by Crippen LogP contribution is -2.62. The number of rotatable bonds is 6. The second kappa shape index (κ2) is 6.83. The summed E-state index contributed by atoms with van der Waals surface area (Å²) in [6, 6.07) is 0. The average molecular weight is 313 g/mol. The molecular weight excluding hydrogens is 277 g/mol. The molecule has 3 saturated heterocycles. The molecule has 3 nitrogen and oxygen atoms in total. The third-order valence-electron chi connectivity index (χ3n) is 4.18. The number of nitrogens with zero attached hydrogens (tertiary/aromatic N) is 3. The molecule has 0 N–H and O–H groups in total. The van der Waals surface area contributed by atoms with E-state index in [1.807, 2.05) is 0 Å². The Morgan fingerprint density at radius 2 is 1.00 bits per heavy atom. The van der Waals surface area contributed by atoms with Crippen molar-refractivity contribution >= 4 is 8.37 Å². The molecule has 0 aliphatic carbocycles. The van der Waals surface area contributed by atoms with Gasteiger partial charge in [-0.1, -0.05) is 48.5 Å². The van der Waals surface area contributed by atoms with Crippen LogP contribution in [0.3, 0.4) is 0 Å². The first kappa shape index (κ1) is 17.7. The van der Waals surface area contributed by atoms with Gasteiger partial charge in [0.1, 0.15) is 8.37 Å². The molecule has 21 heavy (non-hydrogen) atoms. The van der Waals surface area contributed by atoms with Gasteiger partial charge in [0.05, 0.1) is 0 Å². The molecule has 0 atom stereocenters. The van der Waals surface area contributed by atoms with E-state index in [9.17, 15) is 0 Å². The van der Waals surface area contributed by atoms with Crippen LogP contribution in [0, 0.1) is 23.2 Å². The maximum absolute atomic E-state index is 2.82. The predicted molar refractivity (Wildman–Crippen MR) is 94.3 cm³/mol. The maximum Gasteiger partial charge on any atom is 0.120 e. The van der Waals surface area contributed by atoms with Gasteiger partial charge in [-0.3, -0.25) is 14.0 Å². The predicted octanol–water partition coefficient (Wildman–Crippen LogP) is 4.12. The van der Waals surface area contributed by atoms with Crippen molar-refractivity contribution in [2.75, 3.05) is 39.3 Å². The van der Waals surface area contributed by atoms with Crippen molar-refractivity contribution in [3.05, 3.63) is 0 Å². The standard InChI is InChI=1S/C17H36N3P/c1-14(2)8-18-11-17(7)12-19(9-15(3)4)21(18)20(13-17)10-16(5)6/h14-16H,8-13H2,1-7H3. The van der Waals surface area contributed by atoms with Gasteiger partial charge in [0.25, 0.3) is 0 Å². The number of hydrogen-bond donors (Lipinski definition) is 0. The Labute approximate surface area is 134 Å². The zero-order valence-electron chi connectivity index (χ0n) is 15.3. The van der Waals surface area contributed by atoms with E-state index in [0.29, 0.717) is 5.41 Å². The van der Waals surface area contributed by atoms with E-state index in [-0.39, 0.29) is 8.37 Å². The lowest BCUT2D eigenvalue weighted by Gasteiger charge is -2.61. The van der Waals surface area contributed by atoms with Crippen LogP contribution in [0.1, 0.15) is 48.5 Å². The molecular formula is C17H36N3P. The Hall–Kier alpha value is 0.310. The topological polar surface area (TPSA) is 9.72 Å². The summed E-state index contributed by atoms with van der Waals surface area (Å²) in [5.41, 5.74) is 0.454. The van der Waals surface area contributed by atoms with E-state index in [1.54, 1.807) is 0 Å². The minimum absolute atomic E-state index is 0.223. The van der Waals surface area contributed by atoms with Crippen molar-refractivity contribution < 1.29 is 0 Å². The lowest BCUT2D eigenvalue weighted by molar-refractivity contribution is 0.0599. The van der Waals surface area contributed by atoms with Gasteiger partial charge in [-0.25, -0.2) is 0 Å². The molecule has 3 rings (SSSR count). The van der Waals surface area contributed by atoms with Crippen LogP contribution in [-0.4, -0.2) is 53.3 Å². The van der Waals surface area contributed by atoms with Crippen LogP contribution in [0.5, 0.6) is 0 Å². The molecule has 4 heteroatoms. The second-order valence-electron chi connectivity index (χ2n) is 8.80. The fourth-order valence-corrected chi connectivity index (χ4v) is 7.77. The Balaban J connectivity index is 2.21. The highest BCUT2D eigenvalue weighted by molar-refractivity contribution is 7.50. The Morgan fingerprint density at radius 1 is 0.714 bits per heavy atom. The summed E-state index contributed by atoms with van der Waals surface area (Å²) in [6.45, 7) is 24.4. The van der Waals surface area contributed by atoms with E-state index >= 15 is 0 Å².